The van der Waals surface area contributed by atoms with Crippen LogP contribution in [-0.2, 0) is 22.4 Å². The molecule has 1 aliphatic rings. The first-order valence-corrected chi connectivity index (χ1v) is 7.16. The molecule has 0 atom stereocenters. The number of hydrogen-bond acceptors (Lipinski definition) is 4. The van der Waals surface area contributed by atoms with Gasteiger partial charge in [0.05, 0.1) is 33.2 Å². The van der Waals surface area contributed by atoms with Gasteiger partial charge in [-0.3, -0.25) is 0 Å². The summed E-state index contributed by atoms with van der Waals surface area (Å²) in [4.78, 5) is 4.08. The second-order valence-corrected chi connectivity index (χ2v) is 5.22. The maximum Gasteiger partial charge on any atom is 0.190 e. The molecule has 1 saturated heterocycles. The Morgan fingerprint density at radius 1 is 1.24 bits per heavy atom. The molecule has 0 bridgehead atoms. The van der Waals surface area contributed by atoms with E-state index in [4.69, 9.17) is 14.2 Å². The van der Waals surface area contributed by atoms with Crippen molar-refractivity contribution in [2.24, 2.45) is 0 Å². The Morgan fingerprint density at radius 3 is 2.62 bits per heavy atom. The van der Waals surface area contributed by atoms with Crippen molar-refractivity contribution in [1.29, 1.82) is 0 Å². The Balaban J connectivity index is 1.77. The van der Waals surface area contributed by atoms with Crippen LogP contribution in [0.1, 0.15) is 12.0 Å². The molecule has 0 unspecified atom stereocenters. The minimum Gasteiger partial charge on any atom is -0.497 e. The molecular weight excluding hydrogens is 268 g/mol. The van der Waals surface area contributed by atoms with Crippen molar-refractivity contribution in [3.8, 4) is 5.75 Å². The zero-order chi connectivity index (χ0) is 14.5. The van der Waals surface area contributed by atoms with E-state index in [1.165, 1.54) is 0 Å². The molecule has 2 heterocycles. The summed E-state index contributed by atoms with van der Waals surface area (Å²) >= 11 is 0. The number of ether oxygens (including phenoxy) is 3. The summed E-state index contributed by atoms with van der Waals surface area (Å²) in [5, 5.41) is 0. The predicted octanol–water partition coefficient (Wildman–Crippen LogP) is 2.27. The van der Waals surface area contributed by atoms with Crippen molar-refractivity contribution in [2.45, 2.75) is 25.2 Å². The van der Waals surface area contributed by atoms with Gasteiger partial charge in [-0.2, -0.15) is 0 Å². The van der Waals surface area contributed by atoms with Crippen molar-refractivity contribution in [2.75, 3.05) is 20.3 Å². The van der Waals surface area contributed by atoms with E-state index in [0.29, 0.717) is 13.0 Å². The zero-order valence-electron chi connectivity index (χ0n) is 12.2. The van der Waals surface area contributed by atoms with Crippen LogP contribution in [0.4, 0.5) is 0 Å². The van der Waals surface area contributed by atoms with E-state index in [-0.39, 0.29) is 0 Å². The number of benzene rings is 1. The second kappa shape index (κ2) is 6.28. The molecule has 1 aromatic heterocycles. The van der Waals surface area contributed by atoms with Crippen molar-refractivity contribution < 1.29 is 14.2 Å². The Bertz CT molecular complexity index is 545. The zero-order valence-corrected chi connectivity index (χ0v) is 12.2. The van der Waals surface area contributed by atoms with E-state index < -0.39 is 5.79 Å². The highest BCUT2D eigenvalue weighted by Gasteiger charge is 2.35. The lowest BCUT2D eigenvalue weighted by molar-refractivity contribution is -0.272. The molecule has 0 saturated carbocycles. The molecule has 0 aliphatic carbocycles. The van der Waals surface area contributed by atoms with Gasteiger partial charge in [-0.15, -0.1) is 0 Å². The van der Waals surface area contributed by atoms with E-state index in [1.807, 2.05) is 22.9 Å². The third-order valence-corrected chi connectivity index (χ3v) is 3.63. The molecule has 112 valence electrons. The van der Waals surface area contributed by atoms with E-state index in [2.05, 4.69) is 17.1 Å². The van der Waals surface area contributed by atoms with Crippen LogP contribution in [0.25, 0.3) is 0 Å². The van der Waals surface area contributed by atoms with Crippen LogP contribution in [0.2, 0.25) is 0 Å². The summed E-state index contributed by atoms with van der Waals surface area (Å²) in [6.07, 6.45) is 7.13. The van der Waals surface area contributed by atoms with E-state index in [9.17, 15) is 0 Å². The highest BCUT2D eigenvalue weighted by atomic mass is 16.7. The molecule has 0 spiro atoms. The predicted molar refractivity (Wildman–Crippen MR) is 78.2 cm³/mol. The van der Waals surface area contributed by atoms with Gasteiger partial charge in [-0.25, -0.2) is 4.98 Å². The van der Waals surface area contributed by atoms with Crippen LogP contribution in [0.5, 0.6) is 5.75 Å². The van der Waals surface area contributed by atoms with Gasteiger partial charge in [0.1, 0.15) is 5.75 Å². The fraction of sp³-hybridized carbons (Fsp3) is 0.438. The molecule has 1 aliphatic heterocycles. The summed E-state index contributed by atoms with van der Waals surface area (Å²) in [5.41, 5.74) is 1.16. The highest BCUT2D eigenvalue weighted by Crippen LogP contribution is 2.27. The maximum absolute atomic E-state index is 6.00. The fourth-order valence-electron chi connectivity index (χ4n) is 2.58. The van der Waals surface area contributed by atoms with Crippen molar-refractivity contribution in [1.82, 2.24) is 9.55 Å². The van der Waals surface area contributed by atoms with Crippen LogP contribution in [0.15, 0.2) is 43.0 Å². The second-order valence-electron chi connectivity index (χ2n) is 5.22. The topological polar surface area (TPSA) is 45.5 Å². The number of methoxy groups -OCH3 is 1. The lowest BCUT2D eigenvalue weighted by Gasteiger charge is -2.37. The van der Waals surface area contributed by atoms with Crippen molar-refractivity contribution >= 4 is 0 Å². The molecule has 21 heavy (non-hydrogen) atoms. The summed E-state index contributed by atoms with van der Waals surface area (Å²) < 4.78 is 19.2. The molecular formula is C16H20N2O3. The van der Waals surface area contributed by atoms with Crippen LogP contribution < -0.4 is 4.74 Å². The number of nitrogens with zero attached hydrogens (tertiary/aromatic N) is 2. The van der Waals surface area contributed by atoms with Gasteiger partial charge < -0.3 is 18.8 Å². The van der Waals surface area contributed by atoms with Gasteiger partial charge in [0.2, 0.25) is 0 Å². The van der Waals surface area contributed by atoms with Crippen molar-refractivity contribution in [3.63, 3.8) is 0 Å². The minimum atomic E-state index is -0.618. The molecule has 1 aromatic carbocycles. The van der Waals surface area contributed by atoms with E-state index in [0.717, 1.165) is 30.9 Å². The molecule has 5 nitrogen and oxygen atoms in total. The molecule has 1 fully saturated rings. The van der Waals surface area contributed by atoms with Gasteiger partial charge in [-0.05, 0) is 24.1 Å². The Hall–Kier alpha value is -1.85. The Kier molecular flexibility index (Phi) is 4.22. The molecule has 5 heteroatoms. The average Bonchev–Trinajstić information content (AvgIpc) is 3.01. The van der Waals surface area contributed by atoms with Crippen LogP contribution in [0.3, 0.4) is 0 Å². The van der Waals surface area contributed by atoms with Gasteiger partial charge in [0.25, 0.3) is 0 Å². The molecule has 0 N–H and O–H groups in total. The first-order chi connectivity index (χ1) is 10.3. The van der Waals surface area contributed by atoms with E-state index in [1.54, 1.807) is 19.6 Å². The van der Waals surface area contributed by atoms with Crippen LogP contribution >= 0.6 is 0 Å². The highest BCUT2D eigenvalue weighted by molar-refractivity contribution is 5.27. The number of hydrogen-bond donors (Lipinski definition) is 0. The standard InChI is InChI=1S/C16H20N2O3/c1-19-15-5-3-14(4-6-15)11-16(20-9-2-10-21-16)12-18-8-7-17-13-18/h3-8,13H,2,9-12H2,1H3. The quantitative estimate of drug-likeness (QED) is 0.846. The number of imidazole rings is 1. The largest absolute Gasteiger partial charge is 0.497 e. The molecule has 2 aromatic rings. The molecule has 0 amide bonds. The van der Waals surface area contributed by atoms with Crippen LogP contribution in [-0.4, -0.2) is 35.7 Å². The summed E-state index contributed by atoms with van der Waals surface area (Å²) in [5.74, 6) is 0.237. The Labute approximate surface area is 124 Å². The first kappa shape index (κ1) is 14.1. The van der Waals surface area contributed by atoms with Crippen molar-refractivity contribution in [3.05, 3.63) is 48.5 Å². The molecule has 3 rings (SSSR count). The van der Waals surface area contributed by atoms with Gasteiger partial charge in [-0.1, -0.05) is 12.1 Å². The fourth-order valence-corrected chi connectivity index (χ4v) is 2.58. The van der Waals surface area contributed by atoms with E-state index >= 15 is 0 Å². The monoisotopic (exact) mass is 288 g/mol. The average molecular weight is 288 g/mol. The maximum atomic E-state index is 6.00. The number of aromatic nitrogens is 2. The third kappa shape index (κ3) is 3.43. The third-order valence-electron chi connectivity index (χ3n) is 3.63. The summed E-state index contributed by atoms with van der Waals surface area (Å²) in [6.45, 7) is 2.09. The minimum absolute atomic E-state index is 0.618. The lowest BCUT2D eigenvalue weighted by Crippen LogP contribution is -2.46. The number of rotatable bonds is 5. The van der Waals surface area contributed by atoms with Gasteiger partial charge in [0, 0.05) is 18.8 Å². The van der Waals surface area contributed by atoms with Crippen LogP contribution in [0, 0.1) is 0 Å². The Morgan fingerprint density at radius 2 is 2.00 bits per heavy atom. The summed E-state index contributed by atoms with van der Waals surface area (Å²) in [7, 11) is 1.67. The first-order valence-electron chi connectivity index (χ1n) is 7.16. The smallest absolute Gasteiger partial charge is 0.190 e. The lowest BCUT2D eigenvalue weighted by atomic mass is 10.0. The van der Waals surface area contributed by atoms with Gasteiger partial charge in [0.15, 0.2) is 5.79 Å². The normalized spacial score (nSPS) is 17.6. The van der Waals surface area contributed by atoms with Gasteiger partial charge >= 0.3 is 0 Å². The molecule has 0 radical (unpaired) electrons. The SMILES string of the molecule is COc1ccc(CC2(Cn3ccnc3)OCCCO2)cc1. The summed E-state index contributed by atoms with van der Waals surface area (Å²) in [6, 6.07) is 8.03.